The maximum atomic E-state index is 11.4. The van der Waals surface area contributed by atoms with Crippen molar-refractivity contribution >= 4 is 7.60 Å². The third-order valence-electron chi connectivity index (χ3n) is 3.15. The molecule has 0 saturated carbocycles. The average Bonchev–Trinajstić information content (AvgIpc) is 2.14. The van der Waals surface area contributed by atoms with Crippen LogP contribution in [-0.2, 0) is 21.6 Å². The molecule has 0 radical (unpaired) electrons. The molecule has 20 heavy (non-hydrogen) atoms. The third-order valence-corrected chi connectivity index (χ3v) is 3.90. The molecule has 0 spiro atoms. The number of phenols is 1. The first kappa shape index (κ1) is 17.2. The van der Waals surface area contributed by atoms with Crippen molar-refractivity contribution in [1.82, 2.24) is 0 Å². The zero-order valence-corrected chi connectivity index (χ0v) is 14.0. The molecular weight excluding hydrogens is 275 g/mol. The van der Waals surface area contributed by atoms with Crippen molar-refractivity contribution in [3.63, 3.8) is 0 Å². The highest BCUT2D eigenvalue weighted by atomic mass is 31.2. The van der Waals surface area contributed by atoms with E-state index in [1.54, 1.807) is 6.07 Å². The average molecular weight is 300 g/mol. The summed E-state index contributed by atoms with van der Waals surface area (Å²) in [5.41, 5.74) is 1.57. The Morgan fingerprint density at radius 3 is 1.75 bits per heavy atom. The molecule has 0 fully saturated rings. The first-order valence-electron chi connectivity index (χ1n) is 6.64. The van der Waals surface area contributed by atoms with E-state index in [-0.39, 0.29) is 22.7 Å². The molecule has 0 aliphatic heterocycles. The van der Waals surface area contributed by atoms with E-state index in [2.05, 4.69) is 0 Å². The normalized spacial score (nSPS) is 13.6. The van der Waals surface area contributed by atoms with Crippen molar-refractivity contribution in [2.75, 3.05) is 0 Å². The fraction of sp³-hybridized carbons (Fsp3) is 0.600. The van der Waals surface area contributed by atoms with Gasteiger partial charge in [0.15, 0.2) is 0 Å². The van der Waals surface area contributed by atoms with E-state index in [4.69, 9.17) is 0 Å². The van der Waals surface area contributed by atoms with Gasteiger partial charge in [0.1, 0.15) is 5.75 Å². The van der Waals surface area contributed by atoms with Crippen LogP contribution < -0.4 is 0 Å². The molecule has 0 aromatic heterocycles. The lowest BCUT2D eigenvalue weighted by molar-refractivity contribution is 0.370. The summed E-state index contributed by atoms with van der Waals surface area (Å²) in [6.45, 7) is 11.9. The van der Waals surface area contributed by atoms with E-state index in [1.807, 2.05) is 41.5 Å². The molecule has 3 N–H and O–H groups in total. The van der Waals surface area contributed by atoms with Crippen LogP contribution >= 0.6 is 7.60 Å². The van der Waals surface area contributed by atoms with Gasteiger partial charge in [-0.05, 0) is 28.0 Å². The van der Waals surface area contributed by atoms with Crippen molar-refractivity contribution < 1.29 is 19.5 Å². The summed E-state index contributed by atoms with van der Waals surface area (Å²) in [6, 6.07) is 3.14. The Balaban J connectivity index is 3.68. The van der Waals surface area contributed by atoms with Gasteiger partial charge in [0.2, 0.25) is 0 Å². The van der Waals surface area contributed by atoms with Crippen LogP contribution in [0, 0.1) is 0 Å². The van der Waals surface area contributed by atoms with Crippen LogP contribution in [0.3, 0.4) is 0 Å². The fourth-order valence-electron chi connectivity index (χ4n) is 2.60. The van der Waals surface area contributed by atoms with Crippen LogP contribution in [-0.4, -0.2) is 14.9 Å². The van der Waals surface area contributed by atoms with Crippen LogP contribution in [0.4, 0.5) is 0 Å². The molecule has 0 unspecified atom stereocenters. The van der Waals surface area contributed by atoms with Gasteiger partial charge in [0.05, 0.1) is 6.16 Å². The first-order valence-corrected chi connectivity index (χ1v) is 8.43. The second-order valence-electron chi connectivity index (χ2n) is 7.32. The third kappa shape index (κ3) is 4.08. The number of benzene rings is 1. The molecule has 0 aliphatic carbocycles. The van der Waals surface area contributed by atoms with Gasteiger partial charge in [0, 0.05) is 5.56 Å². The number of aromatic hydroxyl groups is 1. The van der Waals surface area contributed by atoms with E-state index in [0.717, 1.165) is 11.1 Å². The van der Waals surface area contributed by atoms with Gasteiger partial charge >= 0.3 is 7.60 Å². The van der Waals surface area contributed by atoms with Crippen molar-refractivity contribution in [2.45, 2.75) is 58.5 Å². The molecule has 0 saturated heterocycles. The van der Waals surface area contributed by atoms with Gasteiger partial charge in [-0.3, -0.25) is 4.57 Å². The molecule has 1 aromatic rings. The van der Waals surface area contributed by atoms with Crippen molar-refractivity contribution in [1.29, 1.82) is 0 Å². The lowest BCUT2D eigenvalue weighted by Gasteiger charge is -2.33. The SMILES string of the molecule is CC(C)(C)c1c(O)ccc(CP(=O)(O)O)c1C(C)(C)C. The summed E-state index contributed by atoms with van der Waals surface area (Å²) < 4.78 is 11.4. The molecule has 1 rings (SSSR count). The molecule has 1 aromatic carbocycles. The smallest absolute Gasteiger partial charge is 0.329 e. The highest BCUT2D eigenvalue weighted by Gasteiger charge is 2.32. The zero-order valence-electron chi connectivity index (χ0n) is 13.1. The molecule has 114 valence electrons. The monoisotopic (exact) mass is 300 g/mol. The van der Waals surface area contributed by atoms with E-state index < -0.39 is 7.60 Å². The largest absolute Gasteiger partial charge is 0.508 e. The summed E-state index contributed by atoms with van der Waals surface area (Å²) in [5, 5.41) is 10.2. The maximum Gasteiger partial charge on any atom is 0.329 e. The quantitative estimate of drug-likeness (QED) is 0.728. The summed E-state index contributed by atoms with van der Waals surface area (Å²) in [5.74, 6) is 0.178. The highest BCUT2D eigenvalue weighted by Crippen LogP contribution is 2.46. The summed E-state index contributed by atoms with van der Waals surface area (Å²) in [6.07, 6.45) is -0.303. The Kier molecular flexibility index (Phi) is 4.46. The number of hydrogen-bond donors (Lipinski definition) is 3. The summed E-state index contributed by atoms with van der Waals surface area (Å²) in [7, 11) is -4.15. The molecule has 4 nitrogen and oxygen atoms in total. The molecule has 0 bridgehead atoms. The Morgan fingerprint density at radius 1 is 0.950 bits per heavy atom. The first-order chi connectivity index (χ1) is 8.73. The van der Waals surface area contributed by atoms with Crippen LogP contribution in [0.25, 0.3) is 0 Å². The Bertz CT molecular complexity index is 544. The second kappa shape index (κ2) is 5.18. The van der Waals surface area contributed by atoms with E-state index >= 15 is 0 Å². The molecule has 0 aliphatic rings. The minimum absolute atomic E-state index is 0.178. The van der Waals surface area contributed by atoms with Crippen LogP contribution in [0.1, 0.15) is 58.2 Å². The summed E-state index contributed by atoms with van der Waals surface area (Å²) in [4.78, 5) is 18.5. The van der Waals surface area contributed by atoms with Gasteiger partial charge in [0.25, 0.3) is 0 Å². The van der Waals surface area contributed by atoms with Gasteiger partial charge in [-0.1, -0.05) is 47.6 Å². The fourth-order valence-corrected chi connectivity index (χ4v) is 3.31. The maximum absolute atomic E-state index is 11.4. The molecule has 5 heteroatoms. The number of hydrogen-bond acceptors (Lipinski definition) is 2. The summed E-state index contributed by atoms with van der Waals surface area (Å²) >= 11 is 0. The van der Waals surface area contributed by atoms with Crippen LogP contribution in [0.15, 0.2) is 12.1 Å². The lowest BCUT2D eigenvalue weighted by atomic mass is 9.73. The lowest BCUT2D eigenvalue weighted by Crippen LogP contribution is -2.24. The minimum atomic E-state index is -4.15. The van der Waals surface area contributed by atoms with Gasteiger partial charge in [-0.15, -0.1) is 0 Å². The van der Waals surface area contributed by atoms with Crippen molar-refractivity contribution in [3.05, 3.63) is 28.8 Å². The minimum Gasteiger partial charge on any atom is -0.508 e. The number of phenolic OH excluding ortho intramolecular Hbond substituents is 1. The molecule has 0 amide bonds. The van der Waals surface area contributed by atoms with Gasteiger partial charge < -0.3 is 14.9 Å². The topological polar surface area (TPSA) is 77.8 Å². The zero-order chi connectivity index (χ0) is 15.9. The van der Waals surface area contributed by atoms with Gasteiger partial charge in [-0.2, -0.15) is 0 Å². The van der Waals surface area contributed by atoms with Crippen molar-refractivity contribution in [2.24, 2.45) is 0 Å². The van der Waals surface area contributed by atoms with Crippen molar-refractivity contribution in [3.8, 4) is 5.75 Å². The Morgan fingerprint density at radius 2 is 1.40 bits per heavy atom. The Hall–Kier alpha value is -0.830. The second-order valence-corrected chi connectivity index (χ2v) is 8.96. The number of rotatable bonds is 2. The standard InChI is InChI=1S/C15H25O4P/c1-14(2,3)12-10(9-20(17,18)19)7-8-11(16)13(12)15(4,5)6/h7-8,16H,9H2,1-6H3,(H2,17,18,19). The Labute approximate surface area is 121 Å². The van der Waals surface area contributed by atoms with Crippen LogP contribution in [0.2, 0.25) is 0 Å². The highest BCUT2D eigenvalue weighted by molar-refractivity contribution is 7.50. The molecule has 0 heterocycles. The van der Waals surface area contributed by atoms with Crippen LogP contribution in [0.5, 0.6) is 5.75 Å². The van der Waals surface area contributed by atoms with E-state index in [1.165, 1.54) is 6.07 Å². The van der Waals surface area contributed by atoms with E-state index in [0.29, 0.717) is 5.56 Å². The molecule has 0 atom stereocenters. The molecular formula is C15H25O4P. The van der Waals surface area contributed by atoms with E-state index in [9.17, 15) is 19.5 Å². The predicted molar refractivity (Wildman–Crippen MR) is 81.3 cm³/mol. The predicted octanol–water partition coefficient (Wildman–Crippen LogP) is 3.66. The van der Waals surface area contributed by atoms with Gasteiger partial charge in [-0.25, -0.2) is 0 Å².